The summed E-state index contributed by atoms with van der Waals surface area (Å²) in [6.07, 6.45) is 0. The van der Waals surface area contributed by atoms with Crippen LogP contribution < -0.4 is 4.65 Å². The molecule has 4 nitrogen and oxygen atoms in total. The number of hydrogen-bond acceptors (Lipinski definition) is 4. The van der Waals surface area contributed by atoms with Gasteiger partial charge in [-0.25, -0.2) is 0 Å². The van der Waals surface area contributed by atoms with Crippen molar-refractivity contribution >= 4 is 190 Å². The van der Waals surface area contributed by atoms with Gasteiger partial charge in [-0.15, -0.1) is 22.7 Å². The quantitative estimate of drug-likeness (QED) is 0.128. The minimum absolute atomic E-state index is 0.608. The van der Waals surface area contributed by atoms with Gasteiger partial charge in [0.05, 0.1) is 22.1 Å². The van der Waals surface area contributed by atoms with Crippen LogP contribution in [0.15, 0.2) is 300 Å². The summed E-state index contributed by atoms with van der Waals surface area (Å²) in [5.41, 5.74) is 14.4. The normalized spacial score (nSPS) is 11.6. The molecule has 0 aliphatic heterocycles. The average Bonchev–Trinajstić information content (AvgIpc) is 1.88. The Kier molecular flexibility index (Phi) is 14.9. The molecule has 10 heteroatoms. The zero-order valence-electron chi connectivity index (χ0n) is 48.0. The van der Waals surface area contributed by atoms with Gasteiger partial charge >= 0.3 is 7.69 Å². The maximum absolute atomic E-state index is 9.17. The number of thiophene rings is 2. The Labute approximate surface area is 558 Å². The fourth-order valence-electron chi connectivity index (χ4n) is 13.0. The lowest BCUT2D eigenvalue weighted by Gasteiger charge is -2.09. The van der Waals surface area contributed by atoms with Gasteiger partial charge < -0.3 is 18.8 Å². The zero-order valence-corrected chi connectivity index (χ0v) is 55.0. The Morgan fingerprint density at radius 3 is 1.28 bits per heavy atom. The van der Waals surface area contributed by atoms with Gasteiger partial charge in [-0.05, 0) is 223 Å². The monoisotopic (exact) mass is 1430 g/mol. The van der Waals surface area contributed by atoms with E-state index in [4.69, 9.17) is 4.65 Å². The largest absolute Gasteiger partial charge is 0.569 e. The number of para-hydroxylation sites is 2. The molecule has 1 N–H and O–H groups in total. The van der Waals surface area contributed by atoms with Gasteiger partial charge in [0, 0.05) is 85.8 Å². The van der Waals surface area contributed by atoms with E-state index in [1.54, 1.807) is 0 Å². The van der Waals surface area contributed by atoms with Crippen LogP contribution in [0.3, 0.4) is 0 Å². The van der Waals surface area contributed by atoms with Gasteiger partial charge in [-0.2, -0.15) is 0 Å². The highest BCUT2D eigenvalue weighted by Crippen LogP contribution is 2.45. The number of aromatic nitrogens is 2. The van der Waals surface area contributed by atoms with Crippen LogP contribution in [0.1, 0.15) is 0 Å². The first-order valence-electron chi connectivity index (χ1n) is 29.5. The third-order valence-electron chi connectivity index (χ3n) is 17.1. The van der Waals surface area contributed by atoms with Gasteiger partial charge in [0.15, 0.2) is 0 Å². The minimum Gasteiger partial charge on any atom is -0.537 e. The first-order chi connectivity index (χ1) is 44.3. The Morgan fingerprint density at radius 2 is 0.756 bits per heavy atom. The van der Waals surface area contributed by atoms with Crippen LogP contribution in [0.25, 0.3) is 150 Å². The van der Waals surface area contributed by atoms with E-state index in [1.807, 2.05) is 40.9 Å². The maximum atomic E-state index is 9.17. The number of benzene rings is 14. The van der Waals surface area contributed by atoms with E-state index < -0.39 is 0 Å². The second-order valence-corrected chi connectivity index (χ2v) is 27.6. The molecule has 4 aromatic heterocycles. The van der Waals surface area contributed by atoms with E-state index in [0.29, 0.717) is 5.75 Å². The molecule has 0 fully saturated rings. The highest BCUT2D eigenvalue weighted by Gasteiger charge is 2.20. The van der Waals surface area contributed by atoms with E-state index >= 15 is 0 Å². The predicted octanol–water partition coefficient (Wildman–Crippen LogP) is 24.3. The number of hydrogen-bond donors (Lipinski definition) is 1. The number of fused-ring (bicyclic) bond motifs is 16. The molecular formula is C80H49BBr2IN2O2S2. The summed E-state index contributed by atoms with van der Waals surface area (Å²) in [6, 6.07) is 104. The third-order valence-corrected chi connectivity index (χ3v) is 21.1. The molecular weight excluding hydrogens is 1380 g/mol. The lowest BCUT2D eigenvalue weighted by atomic mass is 9.97. The second-order valence-electron chi connectivity index (χ2n) is 22.3. The molecule has 0 aliphatic carbocycles. The fraction of sp³-hybridized carbons (Fsp3) is 0. The lowest BCUT2D eigenvalue weighted by molar-refractivity contribution is 0.454. The van der Waals surface area contributed by atoms with Crippen LogP contribution >= 0.6 is 77.1 Å². The average molecular weight is 1430 g/mol. The SMILES string of the molecule is Brc1ccc(-c2cccc(-c3ccc4c(c3)c3cc5c(ccc6sc7ccccc7c65)cc3n4-c3ccccc3)c2)cc1.Brc1ccc(-c2cccc(I)c2)cc1.O[B]Oc1ccc2c(c1)c1cc3c(ccc4sc5ccccc5c43)cc1n2-c1ccccc1. The van der Waals surface area contributed by atoms with Crippen LogP contribution in [0.4, 0.5) is 0 Å². The van der Waals surface area contributed by atoms with Crippen molar-refractivity contribution in [1.82, 2.24) is 9.13 Å². The molecule has 0 bridgehead atoms. The summed E-state index contributed by atoms with van der Waals surface area (Å²) < 4.78 is 18.8. The van der Waals surface area contributed by atoms with Crippen LogP contribution in [0.5, 0.6) is 5.75 Å². The molecule has 0 saturated heterocycles. The third kappa shape index (κ3) is 10.3. The van der Waals surface area contributed by atoms with Gasteiger partial charge in [0.25, 0.3) is 0 Å². The molecule has 14 aromatic carbocycles. The summed E-state index contributed by atoms with van der Waals surface area (Å²) in [5.74, 6) is 0.608. The van der Waals surface area contributed by atoms with Crippen molar-refractivity contribution < 1.29 is 9.68 Å². The van der Waals surface area contributed by atoms with Crippen molar-refractivity contribution in [3.63, 3.8) is 0 Å². The highest BCUT2D eigenvalue weighted by molar-refractivity contribution is 14.1. The van der Waals surface area contributed by atoms with E-state index in [2.05, 4.69) is 337 Å². The molecule has 0 spiro atoms. The van der Waals surface area contributed by atoms with Crippen LogP contribution in [-0.2, 0) is 0 Å². The molecule has 0 saturated carbocycles. The van der Waals surface area contributed by atoms with Crippen molar-refractivity contribution in [3.05, 3.63) is 304 Å². The summed E-state index contributed by atoms with van der Waals surface area (Å²) in [6.45, 7) is 0. The van der Waals surface area contributed by atoms with E-state index in [1.165, 1.54) is 126 Å². The molecule has 0 aliphatic rings. The summed E-state index contributed by atoms with van der Waals surface area (Å²) in [5, 5.41) is 24.3. The molecule has 90 heavy (non-hydrogen) atoms. The first-order valence-corrected chi connectivity index (χ1v) is 33.8. The van der Waals surface area contributed by atoms with Crippen molar-refractivity contribution in [2.24, 2.45) is 0 Å². The number of rotatable bonds is 7. The maximum Gasteiger partial charge on any atom is 0.569 e. The topological polar surface area (TPSA) is 39.3 Å². The van der Waals surface area contributed by atoms with Crippen molar-refractivity contribution in [3.8, 4) is 50.5 Å². The Bertz CT molecular complexity index is 5790. The Hall–Kier alpha value is -8.85. The summed E-state index contributed by atoms with van der Waals surface area (Å²) in [7, 11) is 0.730. The smallest absolute Gasteiger partial charge is 0.537 e. The molecule has 0 amide bonds. The highest BCUT2D eigenvalue weighted by atomic mass is 127. The van der Waals surface area contributed by atoms with E-state index in [0.717, 1.165) is 44.1 Å². The summed E-state index contributed by atoms with van der Waals surface area (Å²) >= 11 is 13.0. The van der Waals surface area contributed by atoms with Gasteiger partial charge in [0.2, 0.25) is 0 Å². The number of halogens is 3. The van der Waals surface area contributed by atoms with Crippen molar-refractivity contribution in [1.29, 1.82) is 0 Å². The molecule has 18 rings (SSSR count). The Balaban J connectivity index is 0.000000121. The van der Waals surface area contributed by atoms with Crippen LogP contribution in [0, 0.1) is 3.57 Å². The van der Waals surface area contributed by atoms with Crippen LogP contribution in [-0.4, -0.2) is 21.8 Å². The van der Waals surface area contributed by atoms with E-state index in [-0.39, 0.29) is 0 Å². The van der Waals surface area contributed by atoms with E-state index in [9.17, 15) is 5.02 Å². The van der Waals surface area contributed by atoms with Crippen LogP contribution in [0.2, 0.25) is 0 Å². The first kappa shape index (κ1) is 56.4. The van der Waals surface area contributed by atoms with Gasteiger partial charge in [-0.1, -0.05) is 177 Å². The second kappa shape index (κ2) is 23.8. The molecule has 1 radical (unpaired) electrons. The predicted molar refractivity (Wildman–Crippen MR) is 402 cm³/mol. The minimum atomic E-state index is 0.608. The standard InChI is InChI=1S/C40H24BrNS.C28H17BNO2S.C12H8BrI/c41-30-17-13-25(14-18-30)26-7-6-8-27(21-26)28-15-19-36-34(22-28)35-24-33-29(23-37(35)42(36)31-9-2-1-3-10-31)16-20-39-40(33)32-11-4-5-12-38(32)43-39;31-29-32-19-11-12-24-22(15-19)23-16-21-17(14-25(23)30(24)18-6-2-1-3-7-18)10-13-27-28(21)20-8-4-5-9-26(20)33-27;13-11-6-4-9(5-7-11)10-2-1-3-12(14)8-10/h1-24H;1-16,31H;1-8H. The van der Waals surface area contributed by atoms with Crippen molar-refractivity contribution in [2.45, 2.75) is 0 Å². The molecule has 0 unspecified atom stereocenters. The van der Waals surface area contributed by atoms with Crippen molar-refractivity contribution in [2.75, 3.05) is 0 Å². The molecule has 427 valence electrons. The molecule has 4 heterocycles. The summed E-state index contributed by atoms with van der Waals surface area (Å²) in [4.78, 5) is 0. The lowest BCUT2D eigenvalue weighted by Crippen LogP contribution is -1.99. The number of nitrogens with zero attached hydrogens (tertiary/aromatic N) is 2. The molecule has 0 atom stereocenters. The zero-order chi connectivity index (χ0) is 60.4. The molecule has 18 aromatic rings. The van der Waals surface area contributed by atoms with Gasteiger partial charge in [-0.3, -0.25) is 0 Å². The Morgan fingerprint density at radius 1 is 0.322 bits per heavy atom. The fourth-order valence-corrected chi connectivity index (χ4v) is 16.3. The van der Waals surface area contributed by atoms with Gasteiger partial charge in [0.1, 0.15) is 5.75 Å².